The molecule has 1 aromatic carbocycles. The first-order valence-electron chi connectivity index (χ1n) is 13.1. The molecule has 0 bridgehead atoms. The number of nitrogens with two attached hydrogens (primary N) is 1. The van der Waals surface area contributed by atoms with Crippen molar-refractivity contribution in [2.45, 2.75) is 64.6 Å². The number of allylic oxidation sites excluding steroid dienone is 4. The number of carbonyl (C=O) groups is 1. The summed E-state index contributed by atoms with van der Waals surface area (Å²) in [4.78, 5) is 13.3. The highest BCUT2D eigenvalue weighted by molar-refractivity contribution is 5.97. The summed E-state index contributed by atoms with van der Waals surface area (Å²) in [6.07, 6.45) is 19.1. The van der Waals surface area contributed by atoms with Gasteiger partial charge in [0.2, 0.25) is 0 Å². The van der Waals surface area contributed by atoms with Gasteiger partial charge in [-0.05, 0) is 43.4 Å². The average molecular weight is 487 g/mol. The Morgan fingerprint density at radius 2 is 2.11 bits per heavy atom. The summed E-state index contributed by atoms with van der Waals surface area (Å²) < 4.78 is 2.10. The molecule has 1 aliphatic heterocycles. The molecule has 2 aromatic rings. The van der Waals surface area contributed by atoms with Crippen molar-refractivity contribution in [1.29, 1.82) is 5.41 Å². The number of amides is 1. The van der Waals surface area contributed by atoms with Gasteiger partial charge in [-0.2, -0.15) is 5.10 Å². The van der Waals surface area contributed by atoms with Gasteiger partial charge in [0.25, 0.3) is 5.91 Å². The number of fused-ring (bicyclic) bond motifs is 1. The Kier molecular flexibility index (Phi) is 8.54. The smallest absolute Gasteiger partial charge is 0.255 e. The van der Waals surface area contributed by atoms with E-state index in [2.05, 4.69) is 53.1 Å². The second kappa shape index (κ2) is 12.0. The van der Waals surface area contributed by atoms with Crippen LogP contribution >= 0.6 is 0 Å². The lowest BCUT2D eigenvalue weighted by Crippen LogP contribution is -2.50. The van der Waals surface area contributed by atoms with Crippen LogP contribution in [-0.4, -0.2) is 40.3 Å². The van der Waals surface area contributed by atoms with E-state index in [-0.39, 0.29) is 29.3 Å². The van der Waals surface area contributed by atoms with Crippen molar-refractivity contribution in [3.63, 3.8) is 0 Å². The first-order valence-corrected chi connectivity index (χ1v) is 13.1. The molecule has 7 heteroatoms. The Labute approximate surface area is 213 Å². The van der Waals surface area contributed by atoms with Crippen molar-refractivity contribution in [3.05, 3.63) is 77.5 Å². The predicted octanol–water partition coefficient (Wildman–Crippen LogP) is 4.46. The summed E-state index contributed by atoms with van der Waals surface area (Å²) in [6, 6.07) is 7.76. The van der Waals surface area contributed by atoms with Crippen LogP contribution in [0.25, 0.3) is 10.9 Å². The minimum absolute atomic E-state index is 0.0280. The normalized spacial score (nSPS) is 21.3. The molecule has 3 unspecified atom stereocenters. The van der Waals surface area contributed by atoms with E-state index in [1.807, 2.05) is 41.5 Å². The van der Waals surface area contributed by atoms with Gasteiger partial charge in [0.1, 0.15) is 0 Å². The maximum Gasteiger partial charge on any atom is 0.255 e. The summed E-state index contributed by atoms with van der Waals surface area (Å²) >= 11 is 0. The number of carbonyl (C=O) groups excluding carboxylic acids is 1. The molecule has 0 spiro atoms. The van der Waals surface area contributed by atoms with Gasteiger partial charge in [-0.15, -0.1) is 0 Å². The molecule has 1 aromatic heterocycles. The van der Waals surface area contributed by atoms with Gasteiger partial charge in [-0.1, -0.05) is 63.1 Å². The minimum atomic E-state index is -0.214. The summed E-state index contributed by atoms with van der Waals surface area (Å²) in [5, 5.41) is 19.4. The lowest BCUT2D eigenvalue weighted by atomic mass is 9.91. The number of benzene rings is 1. The van der Waals surface area contributed by atoms with Crippen LogP contribution in [-0.2, 0) is 6.54 Å². The topological polar surface area (TPSA) is 99.5 Å². The van der Waals surface area contributed by atoms with Gasteiger partial charge >= 0.3 is 0 Å². The van der Waals surface area contributed by atoms with Gasteiger partial charge in [0.15, 0.2) is 0 Å². The number of hydrogen-bond donors (Lipinski definition) is 3. The number of rotatable bonds is 8. The quantitative estimate of drug-likeness (QED) is 0.480. The van der Waals surface area contributed by atoms with Crippen LogP contribution in [0.2, 0.25) is 0 Å². The Hall–Kier alpha value is -3.45. The van der Waals surface area contributed by atoms with Crippen molar-refractivity contribution in [2.24, 2.45) is 16.8 Å². The molecule has 2 heterocycles. The van der Waals surface area contributed by atoms with Crippen molar-refractivity contribution in [2.75, 3.05) is 6.54 Å². The first-order chi connectivity index (χ1) is 17.5. The summed E-state index contributed by atoms with van der Waals surface area (Å²) in [7, 11) is 0. The van der Waals surface area contributed by atoms with Crippen LogP contribution in [0.4, 0.5) is 0 Å². The zero-order valence-corrected chi connectivity index (χ0v) is 21.4. The fourth-order valence-corrected chi connectivity index (χ4v) is 4.94. The van der Waals surface area contributed by atoms with Crippen LogP contribution < -0.4 is 16.4 Å². The van der Waals surface area contributed by atoms with Gasteiger partial charge in [0, 0.05) is 36.4 Å². The van der Waals surface area contributed by atoms with E-state index in [9.17, 15) is 4.79 Å². The van der Waals surface area contributed by atoms with Gasteiger partial charge < -0.3 is 15.6 Å². The molecule has 0 saturated heterocycles. The first kappa shape index (κ1) is 25.6. The van der Waals surface area contributed by atoms with Crippen LogP contribution in [0.1, 0.15) is 56.3 Å². The maximum atomic E-state index is 13.3. The van der Waals surface area contributed by atoms with Crippen LogP contribution in [0, 0.1) is 11.3 Å². The summed E-state index contributed by atoms with van der Waals surface area (Å²) in [5.74, 6) is -0.0172. The Morgan fingerprint density at radius 3 is 2.86 bits per heavy atom. The lowest BCUT2D eigenvalue weighted by Gasteiger charge is -2.29. The number of hydrogen-bond acceptors (Lipinski definition) is 5. The van der Waals surface area contributed by atoms with Gasteiger partial charge in [-0.3, -0.25) is 15.2 Å². The van der Waals surface area contributed by atoms with Crippen molar-refractivity contribution in [1.82, 2.24) is 14.9 Å². The highest BCUT2D eigenvalue weighted by Gasteiger charge is 2.25. The molecule has 4 N–H and O–H groups in total. The Morgan fingerprint density at radius 1 is 1.31 bits per heavy atom. The highest BCUT2D eigenvalue weighted by Crippen LogP contribution is 2.19. The van der Waals surface area contributed by atoms with Crippen molar-refractivity contribution in [3.8, 4) is 0 Å². The third-order valence-corrected chi connectivity index (χ3v) is 6.92. The van der Waals surface area contributed by atoms with E-state index in [1.165, 1.54) is 0 Å². The van der Waals surface area contributed by atoms with E-state index < -0.39 is 0 Å². The number of nitrogens with one attached hydrogen (secondary N) is 2. The third kappa shape index (κ3) is 6.02. The number of pyridine rings is 1. The lowest BCUT2D eigenvalue weighted by molar-refractivity contribution is 0.0919. The fourth-order valence-electron chi connectivity index (χ4n) is 4.94. The van der Waals surface area contributed by atoms with Crippen LogP contribution in [0.15, 0.2) is 71.6 Å². The van der Waals surface area contributed by atoms with Crippen molar-refractivity contribution < 1.29 is 4.79 Å². The minimum Gasteiger partial charge on any atom is -0.348 e. The van der Waals surface area contributed by atoms with E-state index in [1.54, 1.807) is 6.21 Å². The molecular weight excluding hydrogens is 448 g/mol. The largest absolute Gasteiger partial charge is 0.348 e. The standard InChI is InChI=1S/C29H38N6O/c1-3-10-22(35-18-9-8-17-32-35)16-15-21(2)19-34-20-24(28(31)23-11-4-7-14-27(23)34)29(36)33-26-13-6-5-12-25(26)30/h4,7-11,14-17,20-21,25-26,31H,3,5-6,12-13,18-19,30H2,1-2H3,(H,33,36)/b16-15-,22-10+,31-28?. The zero-order valence-electron chi connectivity index (χ0n) is 21.4. The molecule has 190 valence electrons. The summed E-state index contributed by atoms with van der Waals surface area (Å²) in [6.45, 7) is 5.73. The van der Waals surface area contributed by atoms with Crippen LogP contribution in [0.5, 0.6) is 0 Å². The van der Waals surface area contributed by atoms with E-state index in [4.69, 9.17) is 11.1 Å². The SMILES string of the molecule is CC/C=C(\C=C/C(C)Cn1cc(C(=O)NC2CCCCC2N)c(=N)c2ccccc21)N1CC=CC=N1. The molecule has 36 heavy (non-hydrogen) atoms. The molecule has 1 amide bonds. The fraction of sp³-hybridized carbons (Fsp3) is 0.414. The Bertz CT molecular complexity index is 1250. The predicted molar refractivity (Wildman–Crippen MR) is 147 cm³/mol. The zero-order chi connectivity index (χ0) is 25.5. The van der Waals surface area contributed by atoms with E-state index in [0.717, 1.165) is 55.2 Å². The number of nitrogens with zero attached hydrogens (tertiary/aromatic N) is 3. The van der Waals surface area contributed by atoms with Crippen LogP contribution in [0.3, 0.4) is 0 Å². The van der Waals surface area contributed by atoms with E-state index >= 15 is 0 Å². The maximum absolute atomic E-state index is 13.3. The molecule has 0 radical (unpaired) electrons. The monoisotopic (exact) mass is 486 g/mol. The van der Waals surface area contributed by atoms with Gasteiger partial charge in [0.05, 0.1) is 28.7 Å². The van der Waals surface area contributed by atoms with Gasteiger partial charge in [-0.25, -0.2) is 0 Å². The highest BCUT2D eigenvalue weighted by atomic mass is 16.1. The molecule has 7 nitrogen and oxygen atoms in total. The molecule has 4 rings (SSSR count). The Balaban J connectivity index is 1.58. The van der Waals surface area contributed by atoms with E-state index in [0.29, 0.717) is 12.1 Å². The molecule has 1 saturated carbocycles. The molecule has 1 aliphatic carbocycles. The summed E-state index contributed by atoms with van der Waals surface area (Å²) in [5.41, 5.74) is 8.68. The number of hydrazone groups is 1. The number of aromatic nitrogens is 1. The molecule has 2 aliphatic rings. The third-order valence-electron chi connectivity index (χ3n) is 6.92. The molecule has 3 atom stereocenters. The van der Waals surface area contributed by atoms with Crippen molar-refractivity contribution >= 4 is 23.0 Å². The second-order valence-corrected chi connectivity index (χ2v) is 9.76. The average Bonchev–Trinajstić information content (AvgIpc) is 2.90. The number of para-hydroxylation sites is 1. The second-order valence-electron chi connectivity index (χ2n) is 9.76. The molecule has 1 fully saturated rings. The molecular formula is C29H38N6O.